The third kappa shape index (κ3) is 2.73. The molecule has 1 amide bonds. The van der Waals surface area contributed by atoms with E-state index in [4.69, 9.17) is 4.74 Å². The van der Waals surface area contributed by atoms with Crippen molar-refractivity contribution in [3.63, 3.8) is 0 Å². The second-order valence-electron chi connectivity index (χ2n) is 6.10. The molecule has 1 saturated heterocycles. The highest BCUT2D eigenvalue weighted by molar-refractivity contribution is 5.86. The van der Waals surface area contributed by atoms with Crippen molar-refractivity contribution in [1.82, 2.24) is 4.90 Å². The monoisotopic (exact) mass is 303 g/mol. The number of carboxylic acid groups (broad SMARTS) is 1. The molecular weight excluding hydrogens is 282 g/mol. The lowest BCUT2D eigenvalue weighted by Crippen LogP contribution is -2.55. The van der Waals surface area contributed by atoms with Crippen molar-refractivity contribution >= 4 is 11.9 Å². The molecule has 1 heterocycles. The van der Waals surface area contributed by atoms with E-state index in [9.17, 15) is 14.7 Å². The van der Waals surface area contributed by atoms with Crippen LogP contribution in [0.2, 0.25) is 0 Å². The Kier molecular flexibility index (Phi) is 4.16. The summed E-state index contributed by atoms with van der Waals surface area (Å²) in [6.07, 6.45) is 4.75. The van der Waals surface area contributed by atoms with Gasteiger partial charge in [-0.3, -0.25) is 9.69 Å². The van der Waals surface area contributed by atoms with Gasteiger partial charge in [-0.25, -0.2) is 4.79 Å². The molecule has 0 unspecified atom stereocenters. The number of amides is 1. The number of rotatable bonds is 3. The van der Waals surface area contributed by atoms with Gasteiger partial charge < -0.3 is 9.84 Å². The largest absolute Gasteiger partial charge is 0.480 e. The van der Waals surface area contributed by atoms with Gasteiger partial charge >= 0.3 is 5.97 Å². The SMILES string of the molecule is O=C(O)[C@H]1COC2(CCCCC2)N1C(=O)Cc1ccccc1. The first-order chi connectivity index (χ1) is 10.6. The predicted octanol–water partition coefficient (Wildman–Crippen LogP) is 2.20. The van der Waals surface area contributed by atoms with Crippen LogP contribution in [0.3, 0.4) is 0 Å². The third-order valence-electron chi connectivity index (χ3n) is 4.65. The fourth-order valence-corrected chi connectivity index (χ4v) is 3.59. The molecule has 0 aromatic heterocycles. The van der Waals surface area contributed by atoms with Crippen molar-refractivity contribution in [3.05, 3.63) is 35.9 Å². The molecule has 0 bridgehead atoms. The van der Waals surface area contributed by atoms with E-state index < -0.39 is 17.7 Å². The summed E-state index contributed by atoms with van der Waals surface area (Å²) in [5.41, 5.74) is 0.196. The highest BCUT2D eigenvalue weighted by Gasteiger charge is 2.52. The number of benzene rings is 1. The summed E-state index contributed by atoms with van der Waals surface area (Å²) in [6.45, 7) is 0.0931. The van der Waals surface area contributed by atoms with Crippen molar-refractivity contribution in [3.8, 4) is 0 Å². The lowest BCUT2D eigenvalue weighted by Gasteiger charge is -2.41. The highest BCUT2D eigenvalue weighted by Crippen LogP contribution is 2.40. The zero-order valence-electron chi connectivity index (χ0n) is 12.5. The van der Waals surface area contributed by atoms with Gasteiger partial charge in [-0.1, -0.05) is 36.8 Å². The van der Waals surface area contributed by atoms with Gasteiger partial charge in [-0.15, -0.1) is 0 Å². The predicted molar refractivity (Wildman–Crippen MR) is 80.2 cm³/mol. The van der Waals surface area contributed by atoms with E-state index in [2.05, 4.69) is 0 Å². The second-order valence-corrected chi connectivity index (χ2v) is 6.10. The number of hydrogen-bond donors (Lipinski definition) is 1. The molecule has 3 rings (SSSR count). The first-order valence-electron chi connectivity index (χ1n) is 7.85. The van der Waals surface area contributed by atoms with Crippen LogP contribution in [0.5, 0.6) is 0 Å². The molecule has 1 saturated carbocycles. The van der Waals surface area contributed by atoms with Gasteiger partial charge in [0.15, 0.2) is 6.04 Å². The number of carbonyl (C=O) groups excluding carboxylic acids is 1. The second kappa shape index (κ2) is 6.08. The fraction of sp³-hybridized carbons (Fsp3) is 0.529. The van der Waals surface area contributed by atoms with Gasteiger partial charge in [-0.05, 0) is 31.2 Å². The topological polar surface area (TPSA) is 66.8 Å². The van der Waals surface area contributed by atoms with Crippen LogP contribution < -0.4 is 0 Å². The van der Waals surface area contributed by atoms with Crippen LogP contribution in [0.25, 0.3) is 0 Å². The normalized spacial score (nSPS) is 23.6. The van der Waals surface area contributed by atoms with Crippen LogP contribution in [0.4, 0.5) is 0 Å². The Balaban J connectivity index is 1.84. The first kappa shape index (κ1) is 15.0. The standard InChI is InChI=1S/C17H21NO4/c19-15(11-13-7-3-1-4-8-13)18-14(16(20)21)12-22-17(18)9-5-2-6-10-17/h1,3-4,7-8,14H,2,5-6,9-12H2,(H,20,21)/t14-/m1/s1. The van der Waals surface area contributed by atoms with Gasteiger partial charge in [0.05, 0.1) is 13.0 Å². The van der Waals surface area contributed by atoms with E-state index in [-0.39, 0.29) is 18.9 Å². The molecule has 2 aliphatic rings. The maximum atomic E-state index is 12.8. The average Bonchev–Trinajstić information content (AvgIpc) is 2.88. The minimum atomic E-state index is -0.983. The summed E-state index contributed by atoms with van der Waals surface area (Å²) < 4.78 is 5.85. The summed E-state index contributed by atoms with van der Waals surface area (Å²) in [6, 6.07) is 8.57. The fourth-order valence-electron chi connectivity index (χ4n) is 3.59. The van der Waals surface area contributed by atoms with E-state index in [0.717, 1.165) is 37.7 Å². The van der Waals surface area contributed by atoms with E-state index in [0.29, 0.717) is 0 Å². The van der Waals surface area contributed by atoms with E-state index in [1.54, 1.807) is 0 Å². The summed E-state index contributed by atoms with van der Waals surface area (Å²) in [7, 11) is 0. The maximum Gasteiger partial charge on any atom is 0.328 e. The zero-order chi connectivity index (χ0) is 15.6. The molecule has 0 radical (unpaired) electrons. The third-order valence-corrected chi connectivity index (χ3v) is 4.65. The molecule has 1 N–H and O–H groups in total. The number of nitrogens with zero attached hydrogens (tertiary/aromatic N) is 1. The van der Waals surface area contributed by atoms with Gasteiger partial charge in [0, 0.05) is 0 Å². The molecule has 1 aliphatic carbocycles. The van der Waals surface area contributed by atoms with Crippen LogP contribution in [-0.2, 0) is 20.7 Å². The van der Waals surface area contributed by atoms with Crippen LogP contribution >= 0.6 is 0 Å². The number of ether oxygens (including phenoxy) is 1. The lowest BCUT2D eigenvalue weighted by molar-refractivity contribution is -0.163. The lowest BCUT2D eigenvalue weighted by atomic mass is 9.89. The number of carboxylic acids is 1. The van der Waals surface area contributed by atoms with Crippen LogP contribution in [0, 0.1) is 0 Å². The molecule has 5 nitrogen and oxygen atoms in total. The molecule has 1 aromatic carbocycles. The van der Waals surface area contributed by atoms with Crippen LogP contribution in [0.15, 0.2) is 30.3 Å². The first-order valence-corrected chi connectivity index (χ1v) is 7.85. The molecule has 5 heteroatoms. The molecule has 2 fully saturated rings. The molecule has 1 spiro atoms. The Morgan fingerprint density at radius 3 is 2.50 bits per heavy atom. The van der Waals surface area contributed by atoms with Crippen LogP contribution in [0.1, 0.15) is 37.7 Å². The molecule has 1 aliphatic heterocycles. The summed E-state index contributed by atoms with van der Waals surface area (Å²) in [4.78, 5) is 25.8. The van der Waals surface area contributed by atoms with Crippen molar-refractivity contribution in [2.24, 2.45) is 0 Å². The summed E-state index contributed by atoms with van der Waals surface area (Å²) in [5.74, 6) is -1.14. The molecule has 118 valence electrons. The van der Waals surface area contributed by atoms with E-state index >= 15 is 0 Å². The Morgan fingerprint density at radius 2 is 1.86 bits per heavy atom. The minimum absolute atomic E-state index is 0.0931. The molecule has 1 atom stereocenters. The summed E-state index contributed by atoms with van der Waals surface area (Å²) >= 11 is 0. The van der Waals surface area contributed by atoms with Gasteiger partial charge in [0.2, 0.25) is 5.91 Å². The maximum absolute atomic E-state index is 12.8. The summed E-state index contributed by atoms with van der Waals surface area (Å²) in [5, 5.41) is 9.44. The van der Waals surface area contributed by atoms with Crippen molar-refractivity contribution < 1.29 is 19.4 Å². The Labute approximate surface area is 129 Å². The van der Waals surface area contributed by atoms with Crippen molar-refractivity contribution in [2.45, 2.75) is 50.3 Å². The van der Waals surface area contributed by atoms with Gasteiger partial charge in [0.1, 0.15) is 5.72 Å². The van der Waals surface area contributed by atoms with E-state index in [1.807, 2.05) is 30.3 Å². The number of hydrogen-bond acceptors (Lipinski definition) is 3. The number of carbonyl (C=O) groups is 2. The van der Waals surface area contributed by atoms with Gasteiger partial charge in [-0.2, -0.15) is 0 Å². The highest BCUT2D eigenvalue weighted by atomic mass is 16.5. The smallest absolute Gasteiger partial charge is 0.328 e. The van der Waals surface area contributed by atoms with Crippen molar-refractivity contribution in [2.75, 3.05) is 6.61 Å². The minimum Gasteiger partial charge on any atom is -0.480 e. The van der Waals surface area contributed by atoms with Crippen LogP contribution in [-0.4, -0.2) is 40.3 Å². The molecular formula is C17H21NO4. The Bertz CT molecular complexity index is 551. The quantitative estimate of drug-likeness (QED) is 0.929. The average molecular weight is 303 g/mol. The zero-order valence-corrected chi connectivity index (χ0v) is 12.5. The van der Waals surface area contributed by atoms with Gasteiger partial charge in [0.25, 0.3) is 0 Å². The molecule has 22 heavy (non-hydrogen) atoms. The Hall–Kier alpha value is -1.88. The Morgan fingerprint density at radius 1 is 1.18 bits per heavy atom. The molecule has 1 aromatic rings. The van der Waals surface area contributed by atoms with Crippen molar-refractivity contribution in [1.29, 1.82) is 0 Å². The number of aliphatic carboxylic acids is 1. The van der Waals surface area contributed by atoms with E-state index in [1.165, 1.54) is 4.90 Å².